The molecule has 2 rings (SSSR count). The Morgan fingerprint density at radius 1 is 1.15 bits per heavy atom. The van der Waals surface area contributed by atoms with Crippen molar-refractivity contribution in [3.05, 3.63) is 65.7 Å². The number of carboxylic acid groups (broad SMARTS) is 1. The van der Waals surface area contributed by atoms with Gasteiger partial charge in [-0.1, -0.05) is 12.1 Å². The van der Waals surface area contributed by atoms with Crippen LogP contribution in [0.1, 0.15) is 5.56 Å². The van der Waals surface area contributed by atoms with Crippen molar-refractivity contribution < 1.29 is 23.4 Å². The van der Waals surface area contributed by atoms with Crippen LogP contribution in [0.3, 0.4) is 0 Å². The highest BCUT2D eigenvalue weighted by molar-refractivity contribution is 5.85. The van der Waals surface area contributed by atoms with E-state index in [1.165, 1.54) is 30.3 Å². The Morgan fingerprint density at radius 3 is 2.60 bits per heavy atom. The zero-order valence-electron chi connectivity index (χ0n) is 10.2. The number of hydrogen-bond acceptors (Lipinski definition) is 2. The molecule has 102 valence electrons. The molecule has 3 nitrogen and oxygen atoms in total. The third kappa shape index (κ3) is 3.65. The van der Waals surface area contributed by atoms with Crippen molar-refractivity contribution in [1.82, 2.24) is 0 Å². The standard InChI is InChI=1S/C15H10F2O3/c16-11-7-10(5-6-15(18)19)8-12(9-11)20-14-4-2-1-3-13(14)17/h1-9H,(H,18,19)/b6-5+. The summed E-state index contributed by atoms with van der Waals surface area (Å²) < 4.78 is 32.1. The number of para-hydroxylation sites is 1. The minimum atomic E-state index is -1.15. The fourth-order valence-corrected chi connectivity index (χ4v) is 1.56. The van der Waals surface area contributed by atoms with E-state index in [4.69, 9.17) is 9.84 Å². The Balaban J connectivity index is 2.29. The second-order valence-corrected chi connectivity index (χ2v) is 3.92. The van der Waals surface area contributed by atoms with Crippen molar-refractivity contribution in [2.24, 2.45) is 0 Å². The molecule has 0 aromatic heterocycles. The number of benzene rings is 2. The summed E-state index contributed by atoms with van der Waals surface area (Å²) in [4.78, 5) is 10.4. The zero-order chi connectivity index (χ0) is 14.5. The molecule has 0 unspecified atom stereocenters. The Morgan fingerprint density at radius 2 is 1.90 bits per heavy atom. The second-order valence-electron chi connectivity index (χ2n) is 3.92. The van der Waals surface area contributed by atoms with E-state index in [9.17, 15) is 13.6 Å². The summed E-state index contributed by atoms with van der Waals surface area (Å²) in [7, 11) is 0. The average molecular weight is 276 g/mol. The van der Waals surface area contributed by atoms with Crippen LogP contribution in [0.5, 0.6) is 11.5 Å². The SMILES string of the molecule is O=C(O)/C=C/c1cc(F)cc(Oc2ccccc2F)c1. The smallest absolute Gasteiger partial charge is 0.328 e. The maximum Gasteiger partial charge on any atom is 0.328 e. The maximum absolute atomic E-state index is 13.4. The molecular weight excluding hydrogens is 266 g/mol. The average Bonchev–Trinajstić information content (AvgIpc) is 2.38. The Kier molecular flexibility index (Phi) is 4.10. The maximum atomic E-state index is 13.4. The Hall–Kier alpha value is -2.69. The van der Waals surface area contributed by atoms with E-state index >= 15 is 0 Å². The number of rotatable bonds is 4. The molecule has 0 aliphatic carbocycles. The molecule has 2 aromatic carbocycles. The fourth-order valence-electron chi connectivity index (χ4n) is 1.56. The molecule has 2 aromatic rings. The van der Waals surface area contributed by atoms with E-state index in [0.29, 0.717) is 5.56 Å². The monoisotopic (exact) mass is 276 g/mol. The van der Waals surface area contributed by atoms with Gasteiger partial charge in [0.15, 0.2) is 11.6 Å². The Labute approximate surface area is 113 Å². The quantitative estimate of drug-likeness (QED) is 0.863. The van der Waals surface area contributed by atoms with Gasteiger partial charge in [0.05, 0.1) is 0 Å². The van der Waals surface area contributed by atoms with E-state index in [0.717, 1.165) is 18.2 Å². The molecule has 0 saturated carbocycles. The number of aliphatic carboxylic acids is 1. The lowest BCUT2D eigenvalue weighted by molar-refractivity contribution is -0.131. The molecule has 5 heteroatoms. The highest BCUT2D eigenvalue weighted by atomic mass is 19.1. The van der Waals surface area contributed by atoms with E-state index in [-0.39, 0.29) is 11.5 Å². The van der Waals surface area contributed by atoms with Crippen LogP contribution < -0.4 is 4.74 Å². The van der Waals surface area contributed by atoms with Crippen molar-refractivity contribution in [2.75, 3.05) is 0 Å². The van der Waals surface area contributed by atoms with Gasteiger partial charge in [-0.15, -0.1) is 0 Å². The van der Waals surface area contributed by atoms with Crippen LogP contribution in [0.25, 0.3) is 6.08 Å². The lowest BCUT2D eigenvalue weighted by Crippen LogP contribution is -1.90. The summed E-state index contributed by atoms with van der Waals surface area (Å²) in [5.41, 5.74) is 0.304. The third-order valence-electron chi connectivity index (χ3n) is 2.38. The van der Waals surface area contributed by atoms with Crippen LogP contribution in [0.4, 0.5) is 8.78 Å². The number of carbonyl (C=O) groups is 1. The first-order chi connectivity index (χ1) is 9.54. The summed E-state index contributed by atoms with van der Waals surface area (Å²) in [6.45, 7) is 0. The van der Waals surface area contributed by atoms with Gasteiger partial charge in [-0.3, -0.25) is 0 Å². The number of ether oxygens (including phenoxy) is 1. The third-order valence-corrected chi connectivity index (χ3v) is 2.38. The minimum Gasteiger partial charge on any atom is -0.478 e. The number of halogens is 2. The van der Waals surface area contributed by atoms with Crippen LogP contribution >= 0.6 is 0 Å². The molecule has 20 heavy (non-hydrogen) atoms. The summed E-state index contributed by atoms with van der Waals surface area (Å²) in [5.74, 6) is -2.28. The summed E-state index contributed by atoms with van der Waals surface area (Å²) >= 11 is 0. The van der Waals surface area contributed by atoms with Gasteiger partial charge >= 0.3 is 5.97 Å². The van der Waals surface area contributed by atoms with Gasteiger partial charge in [0.25, 0.3) is 0 Å². The van der Waals surface area contributed by atoms with E-state index < -0.39 is 17.6 Å². The highest BCUT2D eigenvalue weighted by Gasteiger charge is 2.06. The van der Waals surface area contributed by atoms with Crippen molar-refractivity contribution in [2.45, 2.75) is 0 Å². The van der Waals surface area contributed by atoms with Crippen LogP contribution in [-0.4, -0.2) is 11.1 Å². The number of hydrogen-bond donors (Lipinski definition) is 1. The molecule has 0 bridgehead atoms. The van der Waals surface area contributed by atoms with Gasteiger partial charge in [-0.05, 0) is 35.9 Å². The fraction of sp³-hybridized carbons (Fsp3) is 0. The lowest BCUT2D eigenvalue weighted by atomic mass is 10.2. The number of carboxylic acids is 1. The minimum absolute atomic E-state index is 0.0359. The van der Waals surface area contributed by atoms with Gasteiger partial charge in [-0.2, -0.15) is 0 Å². The normalized spacial score (nSPS) is 10.7. The molecular formula is C15H10F2O3. The van der Waals surface area contributed by atoms with Gasteiger partial charge in [-0.25, -0.2) is 13.6 Å². The summed E-state index contributed by atoms with van der Waals surface area (Å²) in [6, 6.07) is 9.37. The first kappa shape index (κ1) is 13.7. The van der Waals surface area contributed by atoms with Gasteiger partial charge in [0.2, 0.25) is 0 Å². The highest BCUT2D eigenvalue weighted by Crippen LogP contribution is 2.26. The van der Waals surface area contributed by atoms with E-state index in [2.05, 4.69) is 0 Å². The van der Waals surface area contributed by atoms with Crippen molar-refractivity contribution in [1.29, 1.82) is 0 Å². The predicted molar refractivity (Wildman–Crippen MR) is 69.5 cm³/mol. The van der Waals surface area contributed by atoms with E-state index in [1.807, 2.05) is 0 Å². The van der Waals surface area contributed by atoms with Gasteiger partial charge in [0, 0.05) is 12.1 Å². The van der Waals surface area contributed by atoms with Crippen molar-refractivity contribution in [3.8, 4) is 11.5 Å². The summed E-state index contributed by atoms with van der Waals surface area (Å²) in [6.07, 6.45) is 2.10. The molecule has 0 atom stereocenters. The summed E-state index contributed by atoms with van der Waals surface area (Å²) in [5, 5.41) is 8.52. The van der Waals surface area contributed by atoms with Crippen molar-refractivity contribution >= 4 is 12.0 Å². The molecule has 0 saturated heterocycles. The molecule has 0 fully saturated rings. The predicted octanol–water partition coefficient (Wildman–Crippen LogP) is 3.85. The largest absolute Gasteiger partial charge is 0.478 e. The van der Waals surface area contributed by atoms with Crippen molar-refractivity contribution in [3.63, 3.8) is 0 Å². The molecule has 0 spiro atoms. The lowest BCUT2D eigenvalue weighted by Gasteiger charge is -2.07. The molecule has 0 heterocycles. The first-order valence-electron chi connectivity index (χ1n) is 5.68. The second kappa shape index (κ2) is 5.97. The van der Waals surface area contributed by atoms with E-state index in [1.54, 1.807) is 6.07 Å². The molecule has 0 aliphatic rings. The molecule has 0 radical (unpaired) electrons. The molecule has 0 amide bonds. The van der Waals surface area contributed by atoms with Crippen LogP contribution in [0.15, 0.2) is 48.5 Å². The Bertz CT molecular complexity index is 666. The van der Waals surface area contributed by atoms with Gasteiger partial charge in [0.1, 0.15) is 11.6 Å². The topological polar surface area (TPSA) is 46.5 Å². The van der Waals surface area contributed by atoms with Gasteiger partial charge < -0.3 is 9.84 Å². The zero-order valence-corrected chi connectivity index (χ0v) is 10.2. The molecule has 0 aliphatic heterocycles. The molecule has 1 N–H and O–H groups in total. The first-order valence-corrected chi connectivity index (χ1v) is 5.68. The van der Waals surface area contributed by atoms with Crippen LogP contribution in [-0.2, 0) is 4.79 Å². The van der Waals surface area contributed by atoms with Crippen LogP contribution in [0, 0.1) is 11.6 Å². The van der Waals surface area contributed by atoms with Crippen LogP contribution in [0.2, 0.25) is 0 Å².